The third-order valence-corrected chi connectivity index (χ3v) is 1.92. The van der Waals surface area contributed by atoms with Gasteiger partial charge in [0.15, 0.2) is 10.1 Å². The minimum atomic E-state index is -1.59. The number of nitrogens with zero attached hydrogens (tertiary/aromatic N) is 4. The summed E-state index contributed by atoms with van der Waals surface area (Å²) in [7, 11) is 4.23. The van der Waals surface area contributed by atoms with Crippen molar-refractivity contribution in [1.82, 2.24) is 20.7 Å². The molecule has 0 aliphatic rings. The Kier molecular flexibility index (Phi) is 9.12. The van der Waals surface area contributed by atoms with E-state index >= 15 is 0 Å². The van der Waals surface area contributed by atoms with E-state index in [-0.39, 0.29) is 10.0 Å². The van der Waals surface area contributed by atoms with Gasteiger partial charge >= 0.3 is 23.6 Å². The highest BCUT2D eigenvalue weighted by Gasteiger charge is 2.34. The molecule has 0 radical (unpaired) electrons. The molecule has 0 aromatic rings. The van der Waals surface area contributed by atoms with Gasteiger partial charge in [-0.1, -0.05) is 10.0 Å². The van der Waals surface area contributed by atoms with Gasteiger partial charge in [0.2, 0.25) is 0 Å². The number of amides is 4. The summed E-state index contributed by atoms with van der Waals surface area (Å²) in [5.74, 6) is -4.41. The molecule has 0 unspecified atom stereocenters. The normalized spacial score (nSPS) is 8.55. The highest BCUT2D eigenvalue weighted by Crippen LogP contribution is 1.92. The molecular weight excluding hydrogens is 308 g/mol. The van der Waals surface area contributed by atoms with Gasteiger partial charge in [0.25, 0.3) is 0 Å². The van der Waals surface area contributed by atoms with Crippen LogP contribution in [0.4, 0.5) is 0 Å². The van der Waals surface area contributed by atoms with Crippen molar-refractivity contribution in [3.8, 4) is 0 Å². The van der Waals surface area contributed by atoms with Crippen LogP contribution in [0.25, 0.3) is 0 Å². The lowest BCUT2D eigenvalue weighted by atomic mass is 10.5. The van der Waals surface area contributed by atoms with Gasteiger partial charge in [-0.05, 0) is 0 Å². The molecule has 0 atom stereocenters. The van der Waals surface area contributed by atoms with Gasteiger partial charge in [0.1, 0.15) is 0 Å². The summed E-state index contributed by atoms with van der Waals surface area (Å²) in [6, 6.07) is 0. The second-order valence-electron chi connectivity index (χ2n) is 3.29. The van der Waals surface area contributed by atoms with Gasteiger partial charge in [-0.25, -0.2) is 20.2 Å². The first-order valence-corrected chi connectivity index (χ1v) is 5.29. The number of nitro groups is 2. The fourth-order valence-electron chi connectivity index (χ4n) is 0.652. The average Bonchev–Trinajstić information content (AvgIpc) is 2.50. The van der Waals surface area contributed by atoms with Crippen LogP contribution in [0.15, 0.2) is 0 Å². The summed E-state index contributed by atoms with van der Waals surface area (Å²) in [4.78, 5) is 62.1. The molecular formula is C8H14N6O8. The van der Waals surface area contributed by atoms with Crippen LogP contribution in [0, 0.1) is 20.2 Å². The largest absolute Gasteiger partial charge is 0.376 e. The number of carbonyl (C=O) groups excluding carboxylic acids is 4. The molecule has 0 aliphatic carbocycles. The van der Waals surface area contributed by atoms with Crippen molar-refractivity contribution in [3.63, 3.8) is 0 Å². The van der Waals surface area contributed by atoms with Crippen LogP contribution in [0.2, 0.25) is 0 Å². The highest BCUT2D eigenvalue weighted by atomic mass is 16.7. The molecule has 14 nitrogen and oxygen atoms in total. The van der Waals surface area contributed by atoms with Gasteiger partial charge in [0, 0.05) is 14.1 Å². The number of likely N-dealkylation sites (N-methyl/N-ethyl adjacent to an activating group) is 4. The lowest BCUT2D eigenvalue weighted by Gasteiger charge is -2.07. The van der Waals surface area contributed by atoms with Gasteiger partial charge in [-0.3, -0.25) is 19.2 Å². The van der Waals surface area contributed by atoms with E-state index in [1.807, 2.05) is 0 Å². The SMILES string of the molecule is CN(C(=O)C(=O)N(C)[N+](=O)[O-])[N+](=O)[O-].CNC(=O)C(=O)NC. The average molecular weight is 322 g/mol. The highest BCUT2D eigenvalue weighted by molar-refractivity contribution is 6.35. The fourth-order valence-corrected chi connectivity index (χ4v) is 0.652. The predicted octanol–water partition coefficient (Wildman–Crippen LogP) is -3.23. The Labute approximate surface area is 123 Å². The fraction of sp³-hybridized carbons (Fsp3) is 0.500. The predicted molar refractivity (Wildman–Crippen MR) is 67.7 cm³/mol. The number of hydrogen-bond acceptors (Lipinski definition) is 8. The molecule has 2 N–H and O–H groups in total. The molecule has 0 spiro atoms. The summed E-state index contributed by atoms with van der Waals surface area (Å²) in [6.07, 6.45) is 0. The minimum Gasteiger partial charge on any atom is -0.351 e. The Morgan fingerprint density at radius 1 is 0.773 bits per heavy atom. The minimum absolute atomic E-state index is 0.137. The van der Waals surface area contributed by atoms with E-state index in [2.05, 4.69) is 10.6 Å². The molecule has 0 aromatic heterocycles. The van der Waals surface area contributed by atoms with Crippen molar-refractivity contribution >= 4 is 23.6 Å². The second kappa shape index (κ2) is 9.56. The topological polar surface area (TPSA) is 185 Å². The van der Waals surface area contributed by atoms with Crippen LogP contribution >= 0.6 is 0 Å². The number of hydrazine groups is 2. The van der Waals surface area contributed by atoms with Crippen LogP contribution in [0.1, 0.15) is 0 Å². The van der Waals surface area contributed by atoms with Crippen LogP contribution in [0.3, 0.4) is 0 Å². The van der Waals surface area contributed by atoms with Gasteiger partial charge < -0.3 is 10.6 Å². The molecule has 0 rings (SSSR count). The third-order valence-electron chi connectivity index (χ3n) is 1.92. The standard InChI is InChI=1S/C4H6N4O6.C4H8N2O2/c1-5(7(11)12)3(9)4(10)6(2)8(13)14;1-5-3(7)4(8)6-2/h1-2H3;1-2H3,(H,5,7)(H,6,8). The molecule has 0 heterocycles. The summed E-state index contributed by atoms with van der Waals surface area (Å²) in [6.45, 7) is 0. The van der Waals surface area contributed by atoms with Crippen molar-refractivity contribution < 1.29 is 29.2 Å². The van der Waals surface area contributed by atoms with E-state index in [9.17, 15) is 39.4 Å². The zero-order valence-electron chi connectivity index (χ0n) is 12.1. The summed E-state index contributed by atoms with van der Waals surface area (Å²) in [5.41, 5.74) is 0. The molecule has 0 aromatic carbocycles. The Balaban J connectivity index is 0. The first kappa shape index (κ1) is 21.0. The molecule has 124 valence electrons. The Morgan fingerprint density at radius 2 is 1.00 bits per heavy atom. The van der Waals surface area contributed by atoms with Crippen molar-refractivity contribution in [3.05, 3.63) is 20.2 Å². The summed E-state index contributed by atoms with van der Waals surface area (Å²) in [5, 5.41) is 21.8. The summed E-state index contributed by atoms with van der Waals surface area (Å²) < 4.78 is 0. The van der Waals surface area contributed by atoms with Crippen molar-refractivity contribution in [2.45, 2.75) is 0 Å². The summed E-state index contributed by atoms with van der Waals surface area (Å²) >= 11 is 0. The van der Waals surface area contributed by atoms with E-state index in [4.69, 9.17) is 0 Å². The zero-order chi connectivity index (χ0) is 18.0. The molecule has 0 aliphatic heterocycles. The van der Waals surface area contributed by atoms with E-state index in [1.54, 1.807) is 0 Å². The van der Waals surface area contributed by atoms with Gasteiger partial charge in [0.05, 0.1) is 14.1 Å². The molecule has 0 saturated carbocycles. The van der Waals surface area contributed by atoms with Crippen molar-refractivity contribution in [2.24, 2.45) is 0 Å². The van der Waals surface area contributed by atoms with Crippen molar-refractivity contribution in [2.75, 3.05) is 28.2 Å². The molecule has 22 heavy (non-hydrogen) atoms. The smallest absolute Gasteiger partial charge is 0.351 e. The lowest BCUT2D eigenvalue weighted by Crippen LogP contribution is -2.46. The molecule has 4 amide bonds. The van der Waals surface area contributed by atoms with E-state index in [1.165, 1.54) is 14.1 Å². The van der Waals surface area contributed by atoms with E-state index in [0.29, 0.717) is 14.1 Å². The van der Waals surface area contributed by atoms with Crippen molar-refractivity contribution in [1.29, 1.82) is 0 Å². The second-order valence-corrected chi connectivity index (χ2v) is 3.29. The third kappa shape index (κ3) is 6.73. The van der Waals surface area contributed by atoms with Gasteiger partial charge in [-0.2, -0.15) is 0 Å². The monoisotopic (exact) mass is 322 g/mol. The Hall–Kier alpha value is -3.32. The number of hydrogen-bond donors (Lipinski definition) is 2. The molecule has 0 saturated heterocycles. The first-order chi connectivity index (χ1) is 10.0. The quantitative estimate of drug-likeness (QED) is 0.301. The van der Waals surface area contributed by atoms with Gasteiger partial charge in [-0.15, -0.1) is 0 Å². The Morgan fingerprint density at radius 3 is 1.14 bits per heavy atom. The maximum atomic E-state index is 10.8. The van der Waals surface area contributed by atoms with E-state index in [0.717, 1.165) is 0 Å². The van der Waals surface area contributed by atoms with E-state index < -0.39 is 33.7 Å². The maximum absolute atomic E-state index is 10.8. The first-order valence-electron chi connectivity index (χ1n) is 5.29. The lowest BCUT2D eigenvalue weighted by molar-refractivity contribution is -0.635. The molecule has 14 heteroatoms. The molecule has 0 bridgehead atoms. The Bertz CT molecular complexity index is 447. The number of carbonyl (C=O) groups is 4. The molecule has 0 fully saturated rings. The van der Waals surface area contributed by atoms with Crippen LogP contribution in [-0.4, -0.2) is 71.9 Å². The number of nitrogens with one attached hydrogen (secondary N) is 2. The zero-order valence-corrected chi connectivity index (χ0v) is 12.1. The number of rotatable bonds is 2. The van der Waals surface area contributed by atoms with Crippen LogP contribution in [0.5, 0.6) is 0 Å². The van der Waals surface area contributed by atoms with Crippen LogP contribution < -0.4 is 10.6 Å². The maximum Gasteiger partial charge on any atom is 0.376 e. The van der Waals surface area contributed by atoms with Crippen LogP contribution in [-0.2, 0) is 19.2 Å².